The fourth-order valence-electron chi connectivity index (χ4n) is 3.01. The number of benzene rings is 4. The van der Waals surface area contributed by atoms with Gasteiger partial charge in [-0.3, -0.25) is 9.78 Å². The Balaban J connectivity index is 1.52. The molecule has 0 spiro atoms. The number of hydrogen-bond acceptors (Lipinski definition) is 6. The molecule has 142 valence electrons. The monoisotopic (exact) mass is 374 g/mol. The summed E-state index contributed by atoms with van der Waals surface area (Å²) in [4.78, 5) is 10.9. The van der Waals surface area contributed by atoms with Crippen molar-refractivity contribution in [2.24, 2.45) is 0 Å². The Hall–Kier alpha value is -3.48. The number of rotatable bonds is 5. The van der Waals surface area contributed by atoms with Gasteiger partial charge in [0.1, 0.15) is 0 Å². The van der Waals surface area contributed by atoms with E-state index < -0.39 is 0 Å². The van der Waals surface area contributed by atoms with E-state index in [9.17, 15) is 10.4 Å². The van der Waals surface area contributed by atoms with E-state index in [1.165, 1.54) is 14.1 Å². The zero-order valence-corrected chi connectivity index (χ0v) is 15.5. The Kier molecular flexibility index (Phi) is 4.65. The molecule has 0 radical (unpaired) electrons. The van der Waals surface area contributed by atoms with Gasteiger partial charge in [-0.1, -0.05) is 24.3 Å². The van der Waals surface area contributed by atoms with Gasteiger partial charge in [-0.25, -0.2) is 0 Å². The predicted molar refractivity (Wildman–Crippen MR) is 113 cm³/mol. The lowest BCUT2D eigenvalue weighted by molar-refractivity contribution is -0.0997. The van der Waals surface area contributed by atoms with Gasteiger partial charge in [0.15, 0.2) is 11.5 Å². The molecule has 0 bridgehead atoms. The molecular weight excluding hydrogens is 356 g/mol. The van der Waals surface area contributed by atoms with Gasteiger partial charge in [-0.2, -0.15) is 0 Å². The first-order valence-corrected chi connectivity index (χ1v) is 8.73. The minimum absolute atomic E-state index is 0.555. The van der Waals surface area contributed by atoms with Gasteiger partial charge in [-0.15, -0.1) is 0 Å². The molecule has 4 rings (SSSR count). The summed E-state index contributed by atoms with van der Waals surface area (Å²) in [5.41, 5.74) is 1.19. The van der Waals surface area contributed by atoms with Crippen LogP contribution in [0.25, 0.3) is 21.5 Å². The van der Waals surface area contributed by atoms with E-state index in [1.54, 1.807) is 24.3 Å². The lowest BCUT2D eigenvalue weighted by Gasteiger charge is -2.25. The van der Waals surface area contributed by atoms with Gasteiger partial charge >= 0.3 is 0 Å². The highest BCUT2D eigenvalue weighted by Crippen LogP contribution is 2.28. The highest BCUT2D eigenvalue weighted by atomic mass is 17.2. The average Bonchev–Trinajstić information content (AvgIpc) is 2.71. The van der Waals surface area contributed by atoms with E-state index in [1.807, 2.05) is 48.5 Å². The molecule has 0 heterocycles. The molecule has 0 N–H and O–H groups in total. The maximum Gasteiger partial charge on any atom is 0.179 e. The van der Waals surface area contributed by atoms with Crippen LogP contribution in [0.4, 0.5) is 11.4 Å². The summed E-state index contributed by atoms with van der Waals surface area (Å²) in [6.07, 6.45) is 0. The van der Waals surface area contributed by atoms with E-state index in [2.05, 4.69) is 0 Å². The van der Waals surface area contributed by atoms with Crippen molar-refractivity contribution in [3.63, 3.8) is 0 Å². The molecule has 6 nitrogen and oxygen atoms in total. The van der Waals surface area contributed by atoms with Crippen LogP contribution < -0.4 is 19.9 Å². The molecule has 6 heteroatoms. The normalized spacial score (nSPS) is 10.9. The highest BCUT2D eigenvalue weighted by Gasteiger charge is 2.04. The van der Waals surface area contributed by atoms with Gasteiger partial charge in [0, 0.05) is 11.4 Å². The van der Waals surface area contributed by atoms with Crippen LogP contribution in [-0.2, 0) is 0 Å². The Labute approximate surface area is 162 Å². The van der Waals surface area contributed by atoms with Crippen molar-refractivity contribution in [1.82, 2.24) is 0 Å². The second kappa shape index (κ2) is 7.26. The van der Waals surface area contributed by atoms with Crippen LogP contribution in [0.3, 0.4) is 0 Å². The predicted octanol–water partition coefficient (Wildman–Crippen LogP) is 5.23. The summed E-state index contributed by atoms with van der Waals surface area (Å²) >= 11 is 0. The van der Waals surface area contributed by atoms with Crippen LogP contribution in [-0.4, -0.2) is 14.1 Å². The van der Waals surface area contributed by atoms with Crippen LogP contribution in [0.2, 0.25) is 0 Å². The van der Waals surface area contributed by atoms with E-state index in [-0.39, 0.29) is 0 Å². The molecule has 0 aromatic heterocycles. The first kappa shape index (κ1) is 17.9. The largest absolute Gasteiger partial charge is 0.758 e. The minimum atomic E-state index is 0.555. The first-order valence-electron chi connectivity index (χ1n) is 8.73. The van der Waals surface area contributed by atoms with Gasteiger partial charge < -0.3 is 20.5 Å². The van der Waals surface area contributed by atoms with Crippen molar-refractivity contribution in [2.75, 3.05) is 24.2 Å². The number of fused-ring (bicyclic) bond motifs is 2. The SMILES string of the molecule is CN([O-])c1ccc2cc(OOc3ccc4cc(N(C)[O-])ccc4c3)ccc2c1. The Morgan fingerprint density at radius 1 is 0.536 bits per heavy atom. The van der Waals surface area contributed by atoms with Crippen LogP contribution in [0.1, 0.15) is 0 Å². The molecule has 4 aromatic rings. The maximum atomic E-state index is 11.4. The van der Waals surface area contributed by atoms with Crippen molar-refractivity contribution in [2.45, 2.75) is 0 Å². The summed E-state index contributed by atoms with van der Waals surface area (Å²) < 4.78 is 0. The minimum Gasteiger partial charge on any atom is -0.758 e. The molecule has 4 aromatic carbocycles. The molecular formula is C22H18N2O4-2. The van der Waals surface area contributed by atoms with Crippen molar-refractivity contribution in [1.29, 1.82) is 0 Å². The molecule has 28 heavy (non-hydrogen) atoms. The smallest absolute Gasteiger partial charge is 0.179 e. The van der Waals surface area contributed by atoms with Crippen molar-refractivity contribution >= 4 is 32.9 Å². The number of nitrogens with zero attached hydrogens (tertiary/aromatic N) is 2. The fraction of sp³-hybridized carbons (Fsp3) is 0.0909. The van der Waals surface area contributed by atoms with E-state index in [0.29, 0.717) is 22.9 Å². The van der Waals surface area contributed by atoms with Crippen LogP contribution in [0, 0.1) is 10.4 Å². The second-order valence-corrected chi connectivity index (χ2v) is 6.55. The molecule has 0 saturated carbocycles. The zero-order chi connectivity index (χ0) is 19.7. The third-order valence-corrected chi connectivity index (χ3v) is 4.55. The van der Waals surface area contributed by atoms with Gasteiger partial charge in [0.2, 0.25) is 0 Å². The second-order valence-electron chi connectivity index (χ2n) is 6.55. The average molecular weight is 374 g/mol. The summed E-state index contributed by atoms with van der Waals surface area (Å²) in [6.45, 7) is 0. The molecule has 0 saturated heterocycles. The Morgan fingerprint density at radius 2 is 0.893 bits per heavy atom. The summed E-state index contributed by atoms with van der Waals surface area (Å²) in [5.74, 6) is 1.11. The Bertz CT molecular complexity index is 1050. The molecule has 0 aliphatic carbocycles. The number of anilines is 2. The quantitative estimate of drug-likeness (QED) is 0.352. The summed E-state index contributed by atoms with van der Waals surface area (Å²) in [6, 6.07) is 21.9. The molecule has 0 aliphatic heterocycles. The summed E-state index contributed by atoms with van der Waals surface area (Å²) in [7, 11) is 2.94. The van der Waals surface area contributed by atoms with Gasteiger partial charge in [0.05, 0.1) is 0 Å². The third-order valence-electron chi connectivity index (χ3n) is 4.55. The molecule has 0 aliphatic rings. The molecule has 0 unspecified atom stereocenters. The topological polar surface area (TPSA) is 71.1 Å². The van der Waals surface area contributed by atoms with Crippen molar-refractivity contribution < 1.29 is 9.78 Å². The van der Waals surface area contributed by atoms with E-state index in [4.69, 9.17) is 9.78 Å². The maximum absolute atomic E-state index is 11.4. The number of hydroxylamine groups is 2. The van der Waals surface area contributed by atoms with E-state index >= 15 is 0 Å². The van der Waals surface area contributed by atoms with E-state index in [0.717, 1.165) is 31.7 Å². The number of hydrogen-bond donors (Lipinski definition) is 0. The summed E-state index contributed by atoms with van der Waals surface area (Å²) in [5, 5.41) is 28.2. The van der Waals surface area contributed by atoms with Crippen molar-refractivity contribution in [3.8, 4) is 11.5 Å². The third kappa shape index (κ3) is 3.64. The van der Waals surface area contributed by atoms with Gasteiger partial charge in [0.25, 0.3) is 0 Å². The lowest BCUT2D eigenvalue weighted by Crippen LogP contribution is -2.05. The Morgan fingerprint density at radius 3 is 1.29 bits per heavy atom. The highest BCUT2D eigenvalue weighted by molar-refractivity contribution is 5.88. The standard InChI is InChI=1S/C22H18N2O4/c1-23(25)19-7-3-17-13-21(9-5-15(17)11-19)27-28-22-10-6-16-12-20(24(2)26)8-4-18(16)14-22/h3-14H,1-2H3/q-2. The van der Waals surface area contributed by atoms with Crippen LogP contribution in [0.15, 0.2) is 72.8 Å². The van der Waals surface area contributed by atoms with Crippen molar-refractivity contribution in [3.05, 3.63) is 83.2 Å². The molecule has 0 atom stereocenters. The lowest BCUT2D eigenvalue weighted by atomic mass is 10.1. The molecule has 0 amide bonds. The molecule has 0 fully saturated rings. The van der Waals surface area contributed by atoms with Gasteiger partial charge in [-0.05, 0) is 84.2 Å². The fourth-order valence-corrected chi connectivity index (χ4v) is 3.01. The zero-order valence-electron chi connectivity index (χ0n) is 15.5. The van der Waals surface area contributed by atoms with Crippen LogP contribution >= 0.6 is 0 Å². The van der Waals surface area contributed by atoms with Crippen LogP contribution in [0.5, 0.6) is 11.5 Å². The first-order chi connectivity index (χ1) is 13.5.